The minimum atomic E-state index is -0.366. The molecule has 4 rings (SSSR count). The van der Waals surface area contributed by atoms with E-state index in [2.05, 4.69) is 21.8 Å². The Bertz CT molecular complexity index is 947. The number of nitro groups is 1. The molecule has 1 amide bonds. The van der Waals surface area contributed by atoms with Gasteiger partial charge < -0.3 is 14.7 Å². The molecular formula is C22H29N5O3. The molecule has 8 heteroatoms. The van der Waals surface area contributed by atoms with E-state index < -0.39 is 0 Å². The van der Waals surface area contributed by atoms with Gasteiger partial charge in [0, 0.05) is 68.5 Å². The molecule has 0 atom stereocenters. The second-order valence-electron chi connectivity index (χ2n) is 8.53. The lowest BCUT2D eigenvalue weighted by Gasteiger charge is -2.36. The van der Waals surface area contributed by atoms with Gasteiger partial charge in [-0.25, -0.2) is 4.98 Å². The molecule has 1 aromatic carbocycles. The maximum atomic E-state index is 12.7. The summed E-state index contributed by atoms with van der Waals surface area (Å²) in [6.45, 7) is 7.13. The Labute approximate surface area is 176 Å². The minimum absolute atomic E-state index is 0.0464. The number of benzene rings is 1. The first-order valence-electron chi connectivity index (χ1n) is 10.7. The van der Waals surface area contributed by atoms with Crippen LogP contribution in [0.4, 0.5) is 11.4 Å². The van der Waals surface area contributed by atoms with Crippen LogP contribution in [0.25, 0.3) is 10.9 Å². The molecule has 0 bridgehead atoms. The van der Waals surface area contributed by atoms with E-state index in [0.717, 1.165) is 68.9 Å². The number of rotatable bonds is 4. The summed E-state index contributed by atoms with van der Waals surface area (Å²) >= 11 is 0. The summed E-state index contributed by atoms with van der Waals surface area (Å²) in [6, 6.07) is 7.16. The molecule has 0 aliphatic carbocycles. The van der Waals surface area contributed by atoms with Crippen LogP contribution in [0.5, 0.6) is 0 Å². The van der Waals surface area contributed by atoms with E-state index >= 15 is 0 Å². The van der Waals surface area contributed by atoms with E-state index in [9.17, 15) is 14.9 Å². The number of non-ortho nitro benzene ring substituents is 1. The number of carbonyl (C=O) groups excluding carboxylic acids is 1. The van der Waals surface area contributed by atoms with Gasteiger partial charge >= 0.3 is 0 Å². The molecule has 0 spiro atoms. The predicted octanol–water partition coefficient (Wildman–Crippen LogP) is 2.83. The Morgan fingerprint density at radius 2 is 1.87 bits per heavy atom. The van der Waals surface area contributed by atoms with Crippen LogP contribution < -0.4 is 4.90 Å². The Morgan fingerprint density at radius 3 is 2.53 bits per heavy atom. The molecule has 2 aliphatic heterocycles. The Morgan fingerprint density at radius 1 is 1.17 bits per heavy atom. The van der Waals surface area contributed by atoms with Crippen molar-refractivity contribution >= 4 is 28.2 Å². The Kier molecular flexibility index (Phi) is 5.85. The summed E-state index contributed by atoms with van der Waals surface area (Å²) in [5, 5.41) is 12.2. The number of nitrogens with zero attached hydrogens (tertiary/aromatic N) is 5. The number of hydrogen-bond acceptors (Lipinski definition) is 6. The van der Waals surface area contributed by atoms with Gasteiger partial charge in [-0.2, -0.15) is 0 Å². The number of nitro benzene ring substituents is 1. The van der Waals surface area contributed by atoms with Crippen LogP contribution in [-0.2, 0) is 4.79 Å². The molecular weight excluding hydrogens is 382 g/mol. The number of anilines is 1. The summed E-state index contributed by atoms with van der Waals surface area (Å²) in [5.41, 5.74) is 2.28. The molecule has 0 unspecified atom stereocenters. The van der Waals surface area contributed by atoms with E-state index in [0.29, 0.717) is 17.9 Å². The van der Waals surface area contributed by atoms with Gasteiger partial charge in [-0.1, -0.05) is 12.1 Å². The van der Waals surface area contributed by atoms with Crippen molar-refractivity contribution in [2.75, 3.05) is 51.2 Å². The van der Waals surface area contributed by atoms with Gasteiger partial charge in [0.2, 0.25) is 5.91 Å². The highest BCUT2D eigenvalue weighted by molar-refractivity contribution is 5.97. The lowest BCUT2D eigenvalue weighted by molar-refractivity contribution is -0.383. The fraction of sp³-hybridized carbons (Fsp3) is 0.545. The lowest BCUT2D eigenvalue weighted by atomic mass is 9.92. The molecule has 0 radical (unpaired) electrons. The van der Waals surface area contributed by atoms with Crippen LogP contribution in [0.3, 0.4) is 0 Å². The molecule has 2 saturated heterocycles. The van der Waals surface area contributed by atoms with Crippen molar-refractivity contribution in [2.45, 2.75) is 26.2 Å². The van der Waals surface area contributed by atoms with E-state index in [1.807, 2.05) is 24.0 Å². The van der Waals surface area contributed by atoms with Crippen molar-refractivity contribution in [1.82, 2.24) is 14.8 Å². The first kappa shape index (κ1) is 20.5. The number of piperidine rings is 1. The molecule has 2 fully saturated rings. The monoisotopic (exact) mass is 411 g/mol. The first-order chi connectivity index (χ1) is 14.4. The van der Waals surface area contributed by atoms with E-state index in [-0.39, 0.29) is 16.5 Å². The van der Waals surface area contributed by atoms with Crippen molar-refractivity contribution in [1.29, 1.82) is 0 Å². The quantitative estimate of drug-likeness (QED) is 0.568. The molecule has 0 N–H and O–H groups in total. The summed E-state index contributed by atoms with van der Waals surface area (Å²) in [7, 11) is 2.09. The fourth-order valence-electron chi connectivity index (χ4n) is 4.56. The molecule has 8 nitrogen and oxygen atoms in total. The molecule has 2 aromatic rings. The zero-order valence-electron chi connectivity index (χ0n) is 17.7. The van der Waals surface area contributed by atoms with Crippen LogP contribution in [0.1, 0.15) is 25.0 Å². The fourth-order valence-corrected chi connectivity index (χ4v) is 4.56. The van der Waals surface area contributed by atoms with Crippen molar-refractivity contribution in [3.8, 4) is 0 Å². The average molecular weight is 412 g/mol. The second-order valence-corrected chi connectivity index (χ2v) is 8.53. The number of aryl methyl sites for hydroxylation is 1. The van der Waals surface area contributed by atoms with Crippen LogP contribution in [-0.4, -0.2) is 71.9 Å². The third-order valence-electron chi connectivity index (χ3n) is 6.40. The van der Waals surface area contributed by atoms with Gasteiger partial charge in [0.15, 0.2) is 5.52 Å². The van der Waals surface area contributed by atoms with Crippen LogP contribution >= 0.6 is 0 Å². The maximum Gasteiger partial charge on any atom is 0.295 e. The number of fused-ring (bicyclic) bond motifs is 1. The van der Waals surface area contributed by atoms with Gasteiger partial charge in [0.05, 0.1) is 4.92 Å². The van der Waals surface area contributed by atoms with Crippen molar-refractivity contribution in [2.24, 2.45) is 5.92 Å². The van der Waals surface area contributed by atoms with Gasteiger partial charge in [-0.05, 0) is 38.8 Å². The highest BCUT2D eigenvalue weighted by Crippen LogP contribution is 2.34. The third kappa shape index (κ3) is 4.23. The number of piperazine rings is 1. The number of para-hydroxylation sites is 1. The normalized spacial score (nSPS) is 18.7. The molecule has 1 aromatic heterocycles. The number of carbonyl (C=O) groups is 1. The highest BCUT2D eigenvalue weighted by Gasteiger charge is 2.27. The standard InChI is InChI=1S/C22H29N5O3/c1-16-14-20(18-4-3-5-19(27(29)30)22(18)23-16)25-8-6-17(7-9-25)15-21(28)26-12-10-24(2)11-13-26/h3-5,14,17H,6-13,15H2,1-2H3. The average Bonchev–Trinajstić information content (AvgIpc) is 2.73. The third-order valence-corrected chi connectivity index (χ3v) is 6.40. The van der Waals surface area contributed by atoms with Gasteiger partial charge in [-0.15, -0.1) is 0 Å². The minimum Gasteiger partial charge on any atom is -0.371 e. The van der Waals surface area contributed by atoms with E-state index in [1.165, 1.54) is 6.07 Å². The van der Waals surface area contributed by atoms with Crippen LogP contribution in [0.15, 0.2) is 24.3 Å². The predicted molar refractivity (Wildman–Crippen MR) is 117 cm³/mol. The summed E-state index contributed by atoms with van der Waals surface area (Å²) < 4.78 is 0. The Hall–Kier alpha value is -2.74. The largest absolute Gasteiger partial charge is 0.371 e. The second kappa shape index (κ2) is 8.55. The van der Waals surface area contributed by atoms with E-state index in [1.54, 1.807) is 6.07 Å². The van der Waals surface area contributed by atoms with Crippen molar-refractivity contribution < 1.29 is 9.72 Å². The number of hydrogen-bond donors (Lipinski definition) is 0. The number of aromatic nitrogens is 1. The highest BCUT2D eigenvalue weighted by atomic mass is 16.6. The summed E-state index contributed by atoms with van der Waals surface area (Å²) in [5.74, 6) is 0.680. The van der Waals surface area contributed by atoms with Crippen LogP contribution in [0.2, 0.25) is 0 Å². The topological polar surface area (TPSA) is 82.8 Å². The van der Waals surface area contributed by atoms with Gasteiger partial charge in [0.25, 0.3) is 5.69 Å². The number of likely N-dealkylation sites (N-methyl/N-ethyl adjacent to an activating group) is 1. The van der Waals surface area contributed by atoms with Gasteiger partial charge in [0.1, 0.15) is 0 Å². The molecule has 160 valence electrons. The molecule has 30 heavy (non-hydrogen) atoms. The van der Waals surface area contributed by atoms with Crippen LogP contribution in [0, 0.1) is 23.0 Å². The summed E-state index contributed by atoms with van der Waals surface area (Å²) in [6.07, 6.45) is 2.54. The number of pyridine rings is 1. The maximum absolute atomic E-state index is 12.7. The Balaban J connectivity index is 1.44. The van der Waals surface area contributed by atoms with Gasteiger partial charge in [-0.3, -0.25) is 14.9 Å². The zero-order chi connectivity index (χ0) is 21.3. The SMILES string of the molecule is Cc1cc(N2CCC(CC(=O)N3CCN(C)CC3)CC2)c2cccc([N+](=O)[O-])c2n1. The summed E-state index contributed by atoms with van der Waals surface area (Å²) in [4.78, 5) is 34.7. The first-order valence-corrected chi connectivity index (χ1v) is 10.7. The number of amides is 1. The molecule has 3 heterocycles. The molecule has 2 aliphatic rings. The van der Waals surface area contributed by atoms with E-state index in [4.69, 9.17) is 0 Å². The molecule has 0 saturated carbocycles. The van der Waals surface area contributed by atoms with Crippen molar-refractivity contribution in [3.05, 3.63) is 40.1 Å². The smallest absolute Gasteiger partial charge is 0.295 e. The van der Waals surface area contributed by atoms with Crippen molar-refractivity contribution in [3.63, 3.8) is 0 Å². The zero-order valence-corrected chi connectivity index (χ0v) is 17.7. The lowest BCUT2D eigenvalue weighted by Crippen LogP contribution is -2.47.